The van der Waals surface area contributed by atoms with Crippen molar-refractivity contribution in [1.82, 2.24) is 4.90 Å². The molecule has 1 fully saturated rings. The quantitative estimate of drug-likeness (QED) is 0.572. The predicted octanol–water partition coefficient (Wildman–Crippen LogP) is 5.31. The summed E-state index contributed by atoms with van der Waals surface area (Å²) in [6, 6.07) is 20.0. The molecule has 0 saturated carbocycles. The van der Waals surface area contributed by atoms with Crippen LogP contribution in [0, 0.1) is 5.82 Å². The van der Waals surface area contributed by atoms with Crippen molar-refractivity contribution < 1.29 is 19.0 Å². The van der Waals surface area contributed by atoms with E-state index in [1.54, 1.807) is 12.1 Å². The van der Waals surface area contributed by atoms with Gasteiger partial charge in [-0.15, -0.1) is 0 Å². The van der Waals surface area contributed by atoms with Crippen LogP contribution in [-0.2, 0) is 0 Å². The summed E-state index contributed by atoms with van der Waals surface area (Å²) in [5.74, 6) is 1.57. The smallest absolute Gasteiger partial charge is 0.123 e. The molecule has 1 saturated heterocycles. The molecule has 4 nitrogen and oxygen atoms in total. The predicted molar refractivity (Wildman–Crippen MR) is 122 cm³/mol. The van der Waals surface area contributed by atoms with Gasteiger partial charge in [0.15, 0.2) is 0 Å². The second-order valence-electron chi connectivity index (χ2n) is 8.64. The van der Waals surface area contributed by atoms with Crippen LogP contribution in [0.15, 0.2) is 66.7 Å². The molecule has 2 atom stereocenters. The second kappa shape index (κ2) is 9.21. The number of phenols is 1. The summed E-state index contributed by atoms with van der Waals surface area (Å²) in [5.41, 5.74) is 3.06. The number of likely N-dealkylation sites (tertiary alicyclic amines) is 1. The van der Waals surface area contributed by atoms with E-state index in [1.807, 2.05) is 30.3 Å². The number of fused-ring (bicyclic) bond motifs is 1. The van der Waals surface area contributed by atoms with E-state index in [-0.39, 0.29) is 23.4 Å². The molecule has 2 heterocycles. The Morgan fingerprint density at radius 2 is 1.66 bits per heavy atom. The largest absolute Gasteiger partial charge is 0.508 e. The molecule has 5 heteroatoms. The Balaban J connectivity index is 1.40. The monoisotopic (exact) mass is 433 g/mol. The number of benzene rings is 3. The molecule has 5 rings (SSSR count). The first-order valence-corrected chi connectivity index (χ1v) is 11.3. The highest BCUT2D eigenvalue weighted by molar-refractivity contribution is 5.51. The standard InChI is InChI=1S/C27H28FNO3/c28-21-7-3-19(4-8-21)25-18-32-26-12-9-22(30)17-24(26)27(25)20-5-10-23(11-6-20)31-16-15-29-13-1-2-14-29/h3-12,17,25,27,30H,1-2,13-16,18H2/t25-,27-/m0/s1. The van der Waals surface area contributed by atoms with Gasteiger partial charge in [0.1, 0.15) is 29.7 Å². The summed E-state index contributed by atoms with van der Waals surface area (Å²) in [6.07, 6.45) is 2.57. The van der Waals surface area contributed by atoms with E-state index in [9.17, 15) is 9.50 Å². The minimum atomic E-state index is -0.254. The van der Waals surface area contributed by atoms with E-state index in [2.05, 4.69) is 17.0 Å². The van der Waals surface area contributed by atoms with E-state index in [0.29, 0.717) is 13.2 Å². The van der Waals surface area contributed by atoms with Crippen molar-refractivity contribution in [1.29, 1.82) is 0 Å². The van der Waals surface area contributed by atoms with Crippen molar-refractivity contribution in [2.75, 3.05) is 32.8 Å². The maximum absolute atomic E-state index is 13.5. The topological polar surface area (TPSA) is 41.9 Å². The molecule has 0 aliphatic carbocycles. The van der Waals surface area contributed by atoms with Crippen molar-refractivity contribution in [3.63, 3.8) is 0 Å². The van der Waals surface area contributed by atoms with Gasteiger partial charge in [0.05, 0.1) is 6.61 Å². The van der Waals surface area contributed by atoms with Crippen molar-refractivity contribution in [2.45, 2.75) is 24.7 Å². The van der Waals surface area contributed by atoms with Gasteiger partial charge in [0, 0.05) is 23.9 Å². The minimum Gasteiger partial charge on any atom is -0.508 e. The van der Waals surface area contributed by atoms with Crippen LogP contribution >= 0.6 is 0 Å². The lowest BCUT2D eigenvalue weighted by atomic mass is 9.76. The number of phenolic OH excluding ortho intramolecular Hbond substituents is 1. The number of ether oxygens (including phenoxy) is 2. The molecule has 0 amide bonds. The Labute approximate surface area is 188 Å². The number of hydrogen-bond donors (Lipinski definition) is 1. The van der Waals surface area contributed by atoms with Crippen LogP contribution in [-0.4, -0.2) is 42.9 Å². The summed E-state index contributed by atoms with van der Waals surface area (Å²) >= 11 is 0. The van der Waals surface area contributed by atoms with Gasteiger partial charge in [0.25, 0.3) is 0 Å². The first-order valence-electron chi connectivity index (χ1n) is 11.3. The van der Waals surface area contributed by atoms with Crippen LogP contribution in [0.1, 0.15) is 41.4 Å². The number of hydrogen-bond acceptors (Lipinski definition) is 4. The number of aromatic hydroxyl groups is 1. The molecule has 2 aliphatic rings. The first kappa shape index (κ1) is 20.8. The molecular formula is C27H28FNO3. The van der Waals surface area contributed by atoms with Crippen LogP contribution in [0.3, 0.4) is 0 Å². The zero-order chi connectivity index (χ0) is 21.9. The second-order valence-corrected chi connectivity index (χ2v) is 8.64. The molecule has 0 bridgehead atoms. The molecule has 0 spiro atoms. The summed E-state index contributed by atoms with van der Waals surface area (Å²) in [5, 5.41) is 10.1. The Morgan fingerprint density at radius 1 is 0.938 bits per heavy atom. The van der Waals surface area contributed by atoms with E-state index in [0.717, 1.165) is 34.7 Å². The number of halogens is 1. The fourth-order valence-corrected chi connectivity index (χ4v) is 4.88. The first-order chi connectivity index (χ1) is 15.7. The molecule has 3 aromatic carbocycles. The third-order valence-corrected chi connectivity index (χ3v) is 6.56. The van der Waals surface area contributed by atoms with Gasteiger partial charge in [-0.05, 0) is 79.5 Å². The van der Waals surface area contributed by atoms with Gasteiger partial charge in [-0.25, -0.2) is 4.39 Å². The van der Waals surface area contributed by atoms with E-state index < -0.39 is 0 Å². The normalized spacial score (nSPS) is 20.5. The SMILES string of the molecule is Oc1ccc2c(c1)[C@H](c1ccc(OCCN3CCCC3)cc1)[C@H](c1ccc(F)cc1)CO2. The molecule has 2 aliphatic heterocycles. The van der Waals surface area contributed by atoms with Gasteiger partial charge in [-0.1, -0.05) is 24.3 Å². The van der Waals surface area contributed by atoms with Gasteiger partial charge in [-0.2, -0.15) is 0 Å². The van der Waals surface area contributed by atoms with Crippen molar-refractivity contribution in [2.24, 2.45) is 0 Å². The molecule has 0 unspecified atom stereocenters. The lowest BCUT2D eigenvalue weighted by Crippen LogP contribution is -2.25. The van der Waals surface area contributed by atoms with Crippen molar-refractivity contribution in [3.8, 4) is 17.2 Å². The van der Waals surface area contributed by atoms with Gasteiger partial charge >= 0.3 is 0 Å². The molecular weight excluding hydrogens is 405 g/mol. The van der Waals surface area contributed by atoms with Gasteiger partial charge in [-0.3, -0.25) is 4.90 Å². The summed E-state index contributed by atoms with van der Waals surface area (Å²) < 4.78 is 25.5. The number of nitrogens with zero attached hydrogens (tertiary/aromatic N) is 1. The van der Waals surface area contributed by atoms with Crippen LogP contribution in [0.5, 0.6) is 17.2 Å². The van der Waals surface area contributed by atoms with Crippen LogP contribution in [0.2, 0.25) is 0 Å². The van der Waals surface area contributed by atoms with E-state index in [1.165, 1.54) is 38.1 Å². The van der Waals surface area contributed by atoms with Gasteiger partial charge in [0.2, 0.25) is 0 Å². The third-order valence-electron chi connectivity index (χ3n) is 6.56. The van der Waals surface area contributed by atoms with E-state index in [4.69, 9.17) is 9.47 Å². The molecule has 32 heavy (non-hydrogen) atoms. The average Bonchev–Trinajstić information content (AvgIpc) is 3.33. The zero-order valence-electron chi connectivity index (χ0n) is 18.0. The Bertz CT molecular complexity index is 1050. The van der Waals surface area contributed by atoms with Gasteiger partial charge < -0.3 is 14.6 Å². The average molecular weight is 434 g/mol. The zero-order valence-corrected chi connectivity index (χ0v) is 18.0. The van der Waals surface area contributed by atoms with Crippen LogP contribution < -0.4 is 9.47 Å². The fraction of sp³-hybridized carbons (Fsp3) is 0.333. The van der Waals surface area contributed by atoms with Crippen molar-refractivity contribution >= 4 is 0 Å². The van der Waals surface area contributed by atoms with Crippen LogP contribution in [0.25, 0.3) is 0 Å². The molecule has 0 aromatic heterocycles. The van der Waals surface area contributed by atoms with Crippen LogP contribution in [0.4, 0.5) is 4.39 Å². The molecule has 0 radical (unpaired) electrons. The highest BCUT2D eigenvalue weighted by Gasteiger charge is 2.33. The Kier molecular flexibility index (Phi) is 5.99. The summed E-state index contributed by atoms with van der Waals surface area (Å²) in [7, 11) is 0. The Morgan fingerprint density at radius 3 is 2.41 bits per heavy atom. The third kappa shape index (κ3) is 4.44. The lowest BCUT2D eigenvalue weighted by Gasteiger charge is -2.34. The molecule has 3 aromatic rings. The summed E-state index contributed by atoms with van der Waals surface area (Å²) in [4.78, 5) is 2.44. The minimum absolute atomic E-state index is 0.00633. The highest BCUT2D eigenvalue weighted by atomic mass is 19.1. The Hall–Kier alpha value is -3.05. The lowest BCUT2D eigenvalue weighted by molar-refractivity contribution is 0.237. The molecule has 166 valence electrons. The molecule has 1 N–H and O–H groups in total. The maximum Gasteiger partial charge on any atom is 0.123 e. The van der Waals surface area contributed by atoms with E-state index >= 15 is 0 Å². The summed E-state index contributed by atoms with van der Waals surface area (Å²) in [6.45, 7) is 4.47. The van der Waals surface area contributed by atoms with Crippen molar-refractivity contribution in [3.05, 3.63) is 89.2 Å². The number of rotatable bonds is 6. The maximum atomic E-state index is 13.5. The fourth-order valence-electron chi connectivity index (χ4n) is 4.88. The highest BCUT2D eigenvalue weighted by Crippen LogP contribution is 2.47.